The number of carbonyl (C=O) groups excluding carboxylic acids is 2. The van der Waals surface area contributed by atoms with Crippen LogP contribution in [-0.4, -0.2) is 29.3 Å². The van der Waals surface area contributed by atoms with E-state index in [0.717, 1.165) is 12.0 Å². The second-order valence-corrected chi connectivity index (χ2v) is 6.57. The van der Waals surface area contributed by atoms with Crippen molar-refractivity contribution in [3.8, 4) is 0 Å². The highest BCUT2D eigenvalue weighted by Crippen LogP contribution is 2.15. The molecule has 4 nitrogen and oxygen atoms in total. The molecule has 1 N–H and O–H groups in total. The van der Waals surface area contributed by atoms with Gasteiger partial charge in [-0.25, -0.2) is 4.39 Å². The van der Waals surface area contributed by atoms with Gasteiger partial charge in [-0.15, -0.1) is 0 Å². The topological polar surface area (TPSA) is 49.4 Å². The van der Waals surface area contributed by atoms with Crippen LogP contribution in [-0.2, 0) is 22.6 Å². The molecule has 0 spiro atoms. The predicted molar refractivity (Wildman–Crippen MR) is 104 cm³/mol. The average molecular weight is 370 g/mol. The Kier molecular flexibility index (Phi) is 7.99. The lowest BCUT2D eigenvalue weighted by Gasteiger charge is -2.29. The molecular weight excluding hydrogens is 343 g/mol. The Balaban J connectivity index is 2.13. The average Bonchev–Trinajstić information content (AvgIpc) is 2.70. The molecule has 144 valence electrons. The van der Waals surface area contributed by atoms with E-state index < -0.39 is 6.04 Å². The molecule has 1 atom stereocenters. The van der Waals surface area contributed by atoms with Gasteiger partial charge in [0.05, 0.1) is 0 Å². The van der Waals surface area contributed by atoms with Crippen molar-refractivity contribution in [2.45, 2.75) is 45.7 Å². The van der Waals surface area contributed by atoms with Crippen LogP contribution >= 0.6 is 0 Å². The van der Waals surface area contributed by atoms with Crippen LogP contribution in [0.3, 0.4) is 0 Å². The van der Waals surface area contributed by atoms with Crippen molar-refractivity contribution in [2.75, 3.05) is 6.54 Å². The number of hydrogen-bond donors (Lipinski definition) is 1. The third kappa shape index (κ3) is 6.20. The molecule has 0 heterocycles. The first kappa shape index (κ1) is 20.6. The lowest BCUT2D eigenvalue weighted by Crippen LogP contribution is -2.47. The molecule has 0 aliphatic rings. The van der Waals surface area contributed by atoms with Crippen molar-refractivity contribution in [1.29, 1.82) is 0 Å². The van der Waals surface area contributed by atoms with E-state index in [1.807, 2.05) is 37.3 Å². The number of rotatable bonds is 9. The number of aryl methyl sites for hydroxylation is 1. The van der Waals surface area contributed by atoms with Crippen molar-refractivity contribution < 1.29 is 14.0 Å². The molecule has 0 aliphatic carbocycles. The summed E-state index contributed by atoms with van der Waals surface area (Å²) in [5.41, 5.74) is 1.46. The van der Waals surface area contributed by atoms with E-state index in [0.29, 0.717) is 18.5 Å². The Bertz CT molecular complexity index is 749. The van der Waals surface area contributed by atoms with Crippen LogP contribution in [0.15, 0.2) is 54.6 Å². The highest BCUT2D eigenvalue weighted by atomic mass is 19.1. The molecule has 5 heteroatoms. The number of halogens is 1. The second-order valence-electron chi connectivity index (χ2n) is 6.57. The summed E-state index contributed by atoms with van der Waals surface area (Å²) in [7, 11) is 0. The van der Waals surface area contributed by atoms with Gasteiger partial charge >= 0.3 is 0 Å². The summed E-state index contributed by atoms with van der Waals surface area (Å²) in [5.74, 6) is -0.762. The number of nitrogens with one attached hydrogen (secondary N) is 1. The molecule has 2 aromatic rings. The first-order chi connectivity index (χ1) is 13.0. The Labute approximate surface area is 160 Å². The third-order valence-corrected chi connectivity index (χ3v) is 4.49. The Morgan fingerprint density at radius 2 is 1.74 bits per heavy atom. The maximum Gasteiger partial charge on any atom is 0.242 e. The van der Waals surface area contributed by atoms with Crippen LogP contribution in [0.25, 0.3) is 0 Å². The van der Waals surface area contributed by atoms with Gasteiger partial charge in [0.1, 0.15) is 11.9 Å². The molecule has 0 saturated carbocycles. The van der Waals surface area contributed by atoms with Crippen molar-refractivity contribution >= 4 is 11.8 Å². The zero-order valence-corrected chi connectivity index (χ0v) is 16.0. The minimum atomic E-state index is -0.667. The molecule has 0 aliphatic heterocycles. The van der Waals surface area contributed by atoms with Gasteiger partial charge < -0.3 is 10.2 Å². The second kappa shape index (κ2) is 10.5. The zero-order valence-electron chi connectivity index (χ0n) is 16.0. The first-order valence-electron chi connectivity index (χ1n) is 9.37. The van der Waals surface area contributed by atoms with E-state index in [2.05, 4.69) is 5.32 Å². The van der Waals surface area contributed by atoms with Gasteiger partial charge in [-0.1, -0.05) is 55.5 Å². The maximum atomic E-state index is 14.1. The van der Waals surface area contributed by atoms with Gasteiger partial charge in [-0.2, -0.15) is 0 Å². The maximum absolute atomic E-state index is 14.1. The summed E-state index contributed by atoms with van der Waals surface area (Å²) in [5, 5.41) is 2.82. The molecule has 2 amide bonds. The van der Waals surface area contributed by atoms with E-state index in [9.17, 15) is 14.0 Å². The summed E-state index contributed by atoms with van der Waals surface area (Å²) < 4.78 is 14.1. The van der Waals surface area contributed by atoms with Gasteiger partial charge in [0.25, 0.3) is 0 Å². The molecule has 0 saturated heterocycles. The number of nitrogens with zero attached hydrogens (tertiary/aromatic N) is 1. The van der Waals surface area contributed by atoms with Crippen molar-refractivity contribution in [2.24, 2.45) is 0 Å². The van der Waals surface area contributed by atoms with Crippen LogP contribution in [0, 0.1) is 5.82 Å². The van der Waals surface area contributed by atoms with Crippen molar-refractivity contribution in [3.63, 3.8) is 0 Å². The van der Waals surface area contributed by atoms with E-state index in [1.165, 1.54) is 11.0 Å². The molecule has 2 aromatic carbocycles. The Hall–Kier alpha value is -2.69. The normalized spacial score (nSPS) is 11.7. The largest absolute Gasteiger partial charge is 0.354 e. The van der Waals surface area contributed by atoms with Gasteiger partial charge in [0, 0.05) is 25.1 Å². The summed E-state index contributed by atoms with van der Waals surface area (Å²) in [6.45, 7) is 4.27. The Morgan fingerprint density at radius 3 is 2.41 bits per heavy atom. The quantitative estimate of drug-likeness (QED) is 0.732. The highest BCUT2D eigenvalue weighted by Gasteiger charge is 2.26. The summed E-state index contributed by atoms with van der Waals surface area (Å²) >= 11 is 0. The fourth-order valence-electron chi connectivity index (χ4n) is 2.83. The standard InChI is InChI=1S/C22H27FN2O2/c1-3-15-24-22(27)17(2)25(16-19-11-7-8-12-20(19)23)21(26)14-13-18-9-5-4-6-10-18/h4-12,17H,3,13-16H2,1-2H3,(H,24,27)/t17-/m0/s1. The lowest BCUT2D eigenvalue weighted by molar-refractivity contribution is -0.140. The van der Waals surface area contributed by atoms with Crippen LogP contribution in [0.5, 0.6) is 0 Å². The third-order valence-electron chi connectivity index (χ3n) is 4.49. The fourth-order valence-corrected chi connectivity index (χ4v) is 2.83. The van der Waals surface area contributed by atoms with Crippen molar-refractivity contribution in [1.82, 2.24) is 10.2 Å². The SMILES string of the molecule is CCCNC(=O)[C@H](C)N(Cc1ccccc1F)C(=O)CCc1ccccc1. The molecule has 0 radical (unpaired) electrons. The minimum Gasteiger partial charge on any atom is -0.354 e. The van der Waals surface area contributed by atoms with E-state index >= 15 is 0 Å². The molecule has 0 bridgehead atoms. The molecular formula is C22H27FN2O2. The molecule has 2 rings (SSSR count). The zero-order chi connectivity index (χ0) is 19.6. The fraction of sp³-hybridized carbons (Fsp3) is 0.364. The number of carbonyl (C=O) groups is 2. The molecule has 0 fully saturated rings. The van der Waals surface area contributed by atoms with Gasteiger partial charge in [-0.3, -0.25) is 9.59 Å². The van der Waals surface area contributed by atoms with Crippen LogP contribution in [0.4, 0.5) is 4.39 Å². The van der Waals surface area contributed by atoms with E-state index in [-0.39, 0.29) is 30.6 Å². The van der Waals surface area contributed by atoms with Gasteiger partial charge in [0.15, 0.2) is 0 Å². The predicted octanol–water partition coefficient (Wildman–Crippen LogP) is 3.70. The van der Waals surface area contributed by atoms with Crippen LogP contribution in [0.1, 0.15) is 37.8 Å². The summed E-state index contributed by atoms with van der Waals surface area (Å²) in [6, 6.07) is 15.4. The summed E-state index contributed by atoms with van der Waals surface area (Å²) in [4.78, 5) is 26.7. The molecule has 27 heavy (non-hydrogen) atoms. The summed E-state index contributed by atoms with van der Waals surface area (Å²) in [6.07, 6.45) is 1.66. The molecule has 0 aromatic heterocycles. The van der Waals surface area contributed by atoms with E-state index in [4.69, 9.17) is 0 Å². The highest BCUT2D eigenvalue weighted by molar-refractivity contribution is 5.87. The van der Waals surface area contributed by atoms with Crippen LogP contribution < -0.4 is 5.32 Å². The Morgan fingerprint density at radius 1 is 1.07 bits per heavy atom. The van der Waals surface area contributed by atoms with Crippen LogP contribution in [0.2, 0.25) is 0 Å². The van der Waals surface area contributed by atoms with Gasteiger partial charge in [0.2, 0.25) is 11.8 Å². The lowest BCUT2D eigenvalue weighted by atomic mass is 10.1. The monoisotopic (exact) mass is 370 g/mol. The number of amides is 2. The van der Waals surface area contributed by atoms with E-state index in [1.54, 1.807) is 25.1 Å². The number of benzene rings is 2. The molecule has 0 unspecified atom stereocenters. The first-order valence-corrected chi connectivity index (χ1v) is 9.37. The van der Waals surface area contributed by atoms with Gasteiger partial charge in [-0.05, 0) is 31.4 Å². The van der Waals surface area contributed by atoms with Crippen molar-refractivity contribution in [3.05, 3.63) is 71.5 Å². The minimum absolute atomic E-state index is 0.0704. The smallest absolute Gasteiger partial charge is 0.242 e. The number of hydrogen-bond acceptors (Lipinski definition) is 2.